The molecule has 0 radical (unpaired) electrons. The van der Waals surface area contributed by atoms with Crippen molar-refractivity contribution in [3.63, 3.8) is 0 Å². The molecule has 0 aliphatic heterocycles. The highest BCUT2D eigenvalue weighted by Crippen LogP contribution is 2.29. The molecule has 3 nitrogen and oxygen atoms in total. The first-order chi connectivity index (χ1) is 14.2. The summed E-state index contributed by atoms with van der Waals surface area (Å²) in [6.45, 7) is 4.31. The number of fused-ring (bicyclic) bond motifs is 1. The molecule has 2 aromatic carbocycles. The SMILES string of the molecule is CCOc1ccc2cc(CNCCc3ccc(Cl)cc3)c(-c3ccsc3)nc2c1. The number of thiophene rings is 1. The van der Waals surface area contributed by atoms with Gasteiger partial charge in [-0.05, 0) is 72.8 Å². The average molecular weight is 423 g/mol. The van der Waals surface area contributed by atoms with E-state index >= 15 is 0 Å². The third-order valence-corrected chi connectivity index (χ3v) is 5.73. The lowest BCUT2D eigenvalue weighted by molar-refractivity contribution is 0.340. The maximum Gasteiger partial charge on any atom is 0.121 e. The number of nitrogens with zero attached hydrogens (tertiary/aromatic N) is 1. The highest BCUT2D eigenvalue weighted by molar-refractivity contribution is 7.08. The van der Waals surface area contributed by atoms with E-state index in [-0.39, 0.29) is 0 Å². The van der Waals surface area contributed by atoms with E-state index in [1.165, 1.54) is 11.1 Å². The van der Waals surface area contributed by atoms with Gasteiger partial charge in [0.25, 0.3) is 0 Å². The van der Waals surface area contributed by atoms with Crippen molar-refractivity contribution in [2.24, 2.45) is 0 Å². The Morgan fingerprint density at radius 1 is 1.07 bits per heavy atom. The molecule has 2 heterocycles. The molecule has 4 aromatic rings. The summed E-state index contributed by atoms with van der Waals surface area (Å²) in [5.41, 5.74) is 5.64. The van der Waals surface area contributed by atoms with E-state index in [0.29, 0.717) is 6.61 Å². The molecule has 4 rings (SSSR count). The van der Waals surface area contributed by atoms with E-state index in [0.717, 1.165) is 52.4 Å². The van der Waals surface area contributed by atoms with Crippen LogP contribution in [0.2, 0.25) is 5.02 Å². The second kappa shape index (κ2) is 9.40. The molecule has 148 valence electrons. The van der Waals surface area contributed by atoms with Gasteiger partial charge in [-0.3, -0.25) is 0 Å². The predicted molar refractivity (Wildman–Crippen MR) is 123 cm³/mol. The van der Waals surface area contributed by atoms with E-state index in [1.807, 2.05) is 31.2 Å². The van der Waals surface area contributed by atoms with Crippen molar-refractivity contribution >= 4 is 33.8 Å². The molecular formula is C24H23ClN2OS. The van der Waals surface area contributed by atoms with Crippen LogP contribution in [0.3, 0.4) is 0 Å². The molecule has 0 bridgehead atoms. The Morgan fingerprint density at radius 2 is 1.93 bits per heavy atom. The van der Waals surface area contributed by atoms with Crippen LogP contribution in [0.4, 0.5) is 0 Å². The average Bonchev–Trinajstić information content (AvgIpc) is 3.27. The fraction of sp³-hybridized carbons (Fsp3) is 0.208. The van der Waals surface area contributed by atoms with Crippen LogP contribution in [0.5, 0.6) is 5.75 Å². The molecule has 5 heteroatoms. The fourth-order valence-corrected chi connectivity index (χ4v) is 4.10. The Hall–Kier alpha value is -2.40. The number of hydrogen-bond acceptors (Lipinski definition) is 4. The molecule has 1 N–H and O–H groups in total. The Bertz CT molecular complexity index is 1080. The zero-order valence-corrected chi connectivity index (χ0v) is 17.9. The van der Waals surface area contributed by atoms with Crippen LogP contribution in [-0.2, 0) is 13.0 Å². The lowest BCUT2D eigenvalue weighted by Gasteiger charge is -2.12. The summed E-state index contributed by atoms with van der Waals surface area (Å²) in [5, 5.41) is 9.71. The smallest absolute Gasteiger partial charge is 0.121 e. The van der Waals surface area contributed by atoms with Crippen molar-refractivity contribution in [1.82, 2.24) is 10.3 Å². The first kappa shape index (κ1) is 19.9. The van der Waals surface area contributed by atoms with Crippen molar-refractivity contribution < 1.29 is 4.74 Å². The van der Waals surface area contributed by atoms with Crippen molar-refractivity contribution in [3.05, 3.63) is 81.5 Å². The maximum atomic E-state index is 5.96. The monoisotopic (exact) mass is 422 g/mol. The number of ether oxygens (including phenoxy) is 1. The quantitative estimate of drug-likeness (QED) is 0.336. The van der Waals surface area contributed by atoms with E-state index < -0.39 is 0 Å². The summed E-state index contributed by atoms with van der Waals surface area (Å²) in [6, 6.07) is 18.5. The first-order valence-electron chi connectivity index (χ1n) is 9.77. The number of aromatic nitrogens is 1. The lowest BCUT2D eigenvalue weighted by Crippen LogP contribution is -2.17. The minimum absolute atomic E-state index is 0.651. The van der Waals surface area contributed by atoms with Crippen LogP contribution in [0, 0.1) is 0 Å². The Kier molecular flexibility index (Phi) is 6.45. The van der Waals surface area contributed by atoms with Gasteiger partial charge in [-0.2, -0.15) is 11.3 Å². The summed E-state index contributed by atoms with van der Waals surface area (Å²) in [6.07, 6.45) is 0.962. The molecule has 0 saturated heterocycles. The highest BCUT2D eigenvalue weighted by atomic mass is 35.5. The Morgan fingerprint density at radius 3 is 2.69 bits per heavy atom. The van der Waals surface area contributed by atoms with E-state index in [9.17, 15) is 0 Å². The van der Waals surface area contributed by atoms with Crippen LogP contribution in [0.1, 0.15) is 18.1 Å². The van der Waals surface area contributed by atoms with E-state index in [4.69, 9.17) is 21.3 Å². The first-order valence-corrected chi connectivity index (χ1v) is 11.1. The second-order valence-electron chi connectivity index (χ2n) is 6.85. The predicted octanol–water partition coefficient (Wildman–Crippen LogP) is 6.35. The fourth-order valence-electron chi connectivity index (χ4n) is 3.34. The number of rotatable bonds is 8. The van der Waals surface area contributed by atoms with Crippen LogP contribution in [-0.4, -0.2) is 18.1 Å². The summed E-state index contributed by atoms with van der Waals surface area (Å²) in [5.74, 6) is 0.859. The number of nitrogens with one attached hydrogen (secondary N) is 1. The van der Waals surface area contributed by atoms with Gasteiger partial charge in [0.1, 0.15) is 5.75 Å². The number of benzene rings is 2. The molecule has 0 saturated carbocycles. The summed E-state index contributed by atoms with van der Waals surface area (Å²) in [7, 11) is 0. The van der Waals surface area contributed by atoms with Gasteiger partial charge in [-0.1, -0.05) is 23.7 Å². The summed E-state index contributed by atoms with van der Waals surface area (Å²) in [4.78, 5) is 4.98. The van der Waals surface area contributed by atoms with Crippen molar-refractivity contribution in [3.8, 4) is 17.0 Å². The Balaban J connectivity index is 1.54. The van der Waals surface area contributed by atoms with Crippen LogP contribution < -0.4 is 10.1 Å². The molecule has 0 spiro atoms. The van der Waals surface area contributed by atoms with E-state index in [2.05, 4.69) is 46.4 Å². The Labute approximate surface area is 180 Å². The van der Waals surface area contributed by atoms with Crippen LogP contribution in [0.25, 0.3) is 22.2 Å². The zero-order chi connectivity index (χ0) is 20.1. The van der Waals surface area contributed by atoms with Gasteiger partial charge in [0.15, 0.2) is 0 Å². The molecule has 2 aromatic heterocycles. The van der Waals surface area contributed by atoms with Gasteiger partial charge < -0.3 is 10.1 Å². The highest BCUT2D eigenvalue weighted by Gasteiger charge is 2.11. The standard InChI is InChI=1S/C24H23ClN2OS/c1-2-28-22-8-5-18-13-20(15-26-11-9-17-3-6-21(25)7-4-17)24(27-23(18)14-22)19-10-12-29-16-19/h3-8,10,12-14,16,26H,2,9,11,15H2,1H3. The summed E-state index contributed by atoms with van der Waals surface area (Å²) >= 11 is 7.66. The number of halogens is 1. The van der Waals surface area contributed by atoms with Gasteiger partial charge in [0, 0.05) is 34.0 Å². The van der Waals surface area contributed by atoms with Crippen molar-refractivity contribution in [1.29, 1.82) is 0 Å². The van der Waals surface area contributed by atoms with E-state index in [1.54, 1.807) is 11.3 Å². The zero-order valence-electron chi connectivity index (χ0n) is 16.3. The van der Waals surface area contributed by atoms with Gasteiger partial charge in [-0.15, -0.1) is 0 Å². The third kappa shape index (κ3) is 4.96. The molecule has 0 fully saturated rings. The van der Waals surface area contributed by atoms with Gasteiger partial charge >= 0.3 is 0 Å². The maximum absolute atomic E-state index is 5.96. The van der Waals surface area contributed by atoms with Crippen LogP contribution in [0.15, 0.2) is 65.4 Å². The molecule has 0 atom stereocenters. The van der Waals surface area contributed by atoms with Gasteiger partial charge in [0.2, 0.25) is 0 Å². The topological polar surface area (TPSA) is 34.1 Å². The normalized spacial score (nSPS) is 11.1. The number of hydrogen-bond donors (Lipinski definition) is 1. The minimum atomic E-state index is 0.651. The lowest BCUT2D eigenvalue weighted by atomic mass is 10.0. The summed E-state index contributed by atoms with van der Waals surface area (Å²) < 4.78 is 5.65. The molecule has 0 aliphatic carbocycles. The molecule has 0 amide bonds. The van der Waals surface area contributed by atoms with Crippen molar-refractivity contribution in [2.75, 3.05) is 13.2 Å². The molecule has 29 heavy (non-hydrogen) atoms. The number of pyridine rings is 1. The minimum Gasteiger partial charge on any atom is -0.494 e. The van der Waals surface area contributed by atoms with Crippen molar-refractivity contribution in [2.45, 2.75) is 19.9 Å². The molecule has 0 aliphatic rings. The van der Waals surface area contributed by atoms with Gasteiger partial charge in [0.05, 0.1) is 17.8 Å². The molecule has 0 unspecified atom stereocenters. The molecular weight excluding hydrogens is 400 g/mol. The van der Waals surface area contributed by atoms with Gasteiger partial charge in [-0.25, -0.2) is 4.98 Å². The second-order valence-corrected chi connectivity index (χ2v) is 8.07. The van der Waals surface area contributed by atoms with Crippen LogP contribution >= 0.6 is 22.9 Å². The third-order valence-electron chi connectivity index (χ3n) is 4.79. The largest absolute Gasteiger partial charge is 0.494 e.